The van der Waals surface area contributed by atoms with Crippen LogP contribution in [0.15, 0.2) is 4.99 Å². The summed E-state index contributed by atoms with van der Waals surface area (Å²) in [6.07, 6.45) is 7.96. The zero-order chi connectivity index (χ0) is 19.0. The molecule has 6 nitrogen and oxygen atoms in total. The van der Waals surface area contributed by atoms with Gasteiger partial charge < -0.3 is 15.5 Å². The maximum Gasteiger partial charge on any atom is 0.230 e. The van der Waals surface area contributed by atoms with Gasteiger partial charge in [-0.1, -0.05) is 19.8 Å². The summed E-state index contributed by atoms with van der Waals surface area (Å²) >= 11 is 0. The Labute approximate surface area is 159 Å². The molecule has 1 saturated heterocycles. The van der Waals surface area contributed by atoms with E-state index in [9.17, 15) is 4.79 Å². The molecule has 2 fully saturated rings. The first-order valence-electron chi connectivity index (χ1n) is 10.5. The Morgan fingerprint density at radius 1 is 1.12 bits per heavy atom. The Balaban J connectivity index is 1.99. The predicted molar refractivity (Wildman–Crippen MR) is 108 cm³/mol. The van der Waals surface area contributed by atoms with Crippen LogP contribution in [0.2, 0.25) is 0 Å². The first-order chi connectivity index (χ1) is 12.5. The van der Waals surface area contributed by atoms with Gasteiger partial charge in [-0.2, -0.15) is 0 Å². The van der Waals surface area contributed by atoms with Gasteiger partial charge >= 0.3 is 0 Å². The second-order valence-corrected chi connectivity index (χ2v) is 8.07. The summed E-state index contributed by atoms with van der Waals surface area (Å²) in [4.78, 5) is 21.9. The van der Waals surface area contributed by atoms with Gasteiger partial charge in [0.25, 0.3) is 0 Å². The predicted octanol–water partition coefficient (Wildman–Crippen LogP) is 2.06. The van der Waals surface area contributed by atoms with E-state index in [-0.39, 0.29) is 11.3 Å². The van der Waals surface area contributed by atoms with Crippen molar-refractivity contribution in [3.8, 4) is 0 Å². The zero-order valence-corrected chi connectivity index (χ0v) is 17.3. The molecule has 0 spiro atoms. The number of hydrogen-bond donors (Lipinski definition) is 2. The summed E-state index contributed by atoms with van der Waals surface area (Å²) in [6, 6.07) is 0.560. The van der Waals surface area contributed by atoms with Gasteiger partial charge in [0.2, 0.25) is 5.91 Å². The lowest BCUT2D eigenvalue weighted by atomic mass is 9.85. The lowest BCUT2D eigenvalue weighted by Crippen LogP contribution is -2.47. The van der Waals surface area contributed by atoms with Crippen molar-refractivity contribution in [2.75, 3.05) is 46.8 Å². The highest BCUT2D eigenvalue weighted by Gasteiger charge is 2.42. The molecular weight excluding hydrogens is 326 g/mol. The highest BCUT2D eigenvalue weighted by atomic mass is 16.2. The average Bonchev–Trinajstić information content (AvgIpc) is 3.32. The molecule has 1 aliphatic carbocycles. The number of nitrogens with one attached hydrogen (secondary N) is 2. The Kier molecular flexibility index (Phi) is 8.19. The number of rotatable bonds is 8. The summed E-state index contributed by atoms with van der Waals surface area (Å²) in [6.45, 7) is 9.11. The molecule has 1 saturated carbocycles. The highest BCUT2D eigenvalue weighted by molar-refractivity contribution is 5.84. The number of guanidine groups is 1. The van der Waals surface area contributed by atoms with Crippen molar-refractivity contribution in [1.29, 1.82) is 0 Å². The smallest absolute Gasteiger partial charge is 0.230 e. The third-order valence-electron chi connectivity index (χ3n) is 5.94. The van der Waals surface area contributed by atoms with E-state index < -0.39 is 0 Å². The van der Waals surface area contributed by atoms with Crippen molar-refractivity contribution in [2.24, 2.45) is 10.4 Å². The fourth-order valence-electron chi connectivity index (χ4n) is 4.39. The van der Waals surface area contributed by atoms with Gasteiger partial charge in [0.05, 0.1) is 12.0 Å². The molecule has 1 atom stereocenters. The van der Waals surface area contributed by atoms with Gasteiger partial charge in [-0.15, -0.1) is 0 Å². The minimum Gasteiger partial charge on any atom is -0.357 e. The third-order valence-corrected chi connectivity index (χ3v) is 5.94. The normalized spacial score (nSPS) is 21.6. The van der Waals surface area contributed by atoms with Gasteiger partial charge in [-0.3, -0.25) is 14.7 Å². The van der Waals surface area contributed by atoms with Gasteiger partial charge in [0.1, 0.15) is 0 Å². The number of aliphatic imine (C=N–C) groups is 1. The largest absolute Gasteiger partial charge is 0.357 e. The first kappa shape index (κ1) is 21.0. The summed E-state index contributed by atoms with van der Waals surface area (Å²) < 4.78 is 0. The van der Waals surface area contributed by atoms with Crippen LogP contribution in [0.4, 0.5) is 0 Å². The van der Waals surface area contributed by atoms with Gasteiger partial charge in [-0.05, 0) is 52.1 Å². The van der Waals surface area contributed by atoms with Crippen LogP contribution in [0, 0.1) is 5.41 Å². The molecule has 1 aliphatic heterocycles. The molecule has 0 bridgehead atoms. The zero-order valence-electron chi connectivity index (χ0n) is 17.3. The van der Waals surface area contributed by atoms with E-state index in [1.165, 1.54) is 25.9 Å². The Morgan fingerprint density at radius 2 is 1.77 bits per heavy atom. The number of likely N-dealkylation sites (tertiary alicyclic amines) is 1. The molecule has 1 unspecified atom stereocenters. The molecule has 6 heteroatoms. The van der Waals surface area contributed by atoms with Crippen LogP contribution in [-0.4, -0.2) is 74.5 Å². The number of carbonyl (C=O) groups excluding carboxylic acids is 1. The topological polar surface area (TPSA) is 60.0 Å². The van der Waals surface area contributed by atoms with Crippen molar-refractivity contribution in [3.63, 3.8) is 0 Å². The Hall–Kier alpha value is -1.30. The van der Waals surface area contributed by atoms with Crippen molar-refractivity contribution >= 4 is 11.9 Å². The van der Waals surface area contributed by atoms with Crippen molar-refractivity contribution in [3.05, 3.63) is 0 Å². The van der Waals surface area contributed by atoms with E-state index in [4.69, 9.17) is 4.99 Å². The van der Waals surface area contributed by atoms with Crippen LogP contribution in [0.3, 0.4) is 0 Å². The van der Waals surface area contributed by atoms with Crippen LogP contribution in [0.1, 0.15) is 58.8 Å². The number of amides is 1. The molecule has 0 aromatic heterocycles. The fourth-order valence-corrected chi connectivity index (χ4v) is 4.39. The highest BCUT2D eigenvalue weighted by Crippen LogP contribution is 2.39. The molecule has 0 radical (unpaired) electrons. The summed E-state index contributed by atoms with van der Waals surface area (Å²) in [7, 11) is 3.72. The number of carbonyl (C=O) groups is 1. The van der Waals surface area contributed by atoms with Crippen molar-refractivity contribution < 1.29 is 4.79 Å². The fraction of sp³-hybridized carbons (Fsp3) is 0.900. The SMILES string of the molecule is CCNC(=NCC1(C(=O)N(C)C)CCCC1)NCC(CC)N1CCCC1. The average molecular weight is 366 g/mol. The van der Waals surface area contributed by atoms with Crippen LogP contribution < -0.4 is 10.6 Å². The molecule has 2 rings (SSSR count). The minimum absolute atomic E-state index is 0.234. The summed E-state index contributed by atoms with van der Waals surface area (Å²) in [5.74, 6) is 1.08. The molecule has 0 aromatic rings. The molecule has 1 amide bonds. The van der Waals surface area contributed by atoms with Gasteiger partial charge in [0.15, 0.2) is 5.96 Å². The lowest BCUT2D eigenvalue weighted by Gasteiger charge is -2.30. The first-order valence-corrected chi connectivity index (χ1v) is 10.5. The quantitative estimate of drug-likeness (QED) is 0.511. The van der Waals surface area contributed by atoms with E-state index in [1.807, 2.05) is 14.1 Å². The number of hydrogen-bond acceptors (Lipinski definition) is 3. The van der Waals surface area contributed by atoms with E-state index in [0.717, 1.165) is 51.2 Å². The number of nitrogens with zero attached hydrogens (tertiary/aromatic N) is 3. The van der Waals surface area contributed by atoms with Crippen molar-refractivity contribution in [2.45, 2.75) is 64.8 Å². The third kappa shape index (κ3) is 5.35. The Bertz CT molecular complexity index is 465. The molecule has 26 heavy (non-hydrogen) atoms. The monoisotopic (exact) mass is 365 g/mol. The molecule has 0 aromatic carbocycles. The van der Waals surface area contributed by atoms with Crippen molar-refractivity contribution in [1.82, 2.24) is 20.4 Å². The molecule has 1 heterocycles. The molecule has 2 aliphatic rings. The van der Waals surface area contributed by atoms with Crippen LogP contribution in [0.5, 0.6) is 0 Å². The van der Waals surface area contributed by atoms with Crippen LogP contribution in [-0.2, 0) is 4.79 Å². The molecular formula is C20H39N5O. The lowest BCUT2D eigenvalue weighted by molar-refractivity contribution is -0.138. The van der Waals surface area contributed by atoms with E-state index >= 15 is 0 Å². The van der Waals surface area contributed by atoms with Gasteiger partial charge in [0, 0.05) is 33.2 Å². The Morgan fingerprint density at radius 3 is 2.31 bits per heavy atom. The second-order valence-electron chi connectivity index (χ2n) is 8.07. The van der Waals surface area contributed by atoms with E-state index in [0.29, 0.717) is 12.6 Å². The summed E-state index contributed by atoms with van der Waals surface area (Å²) in [5, 5.41) is 6.89. The maximum absolute atomic E-state index is 12.7. The summed E-state index contributed by atoms with van der Waals surface area (Å²) in [5.41, 5.74) is -0.301. The van der Waals surface area contributed by atoms with E-state index in [2.05, 4.69) is 29.4 Å². The second kappa shape index (κ2) is 10.1. The maximum atomic E-state index is 12.7. The standard InChI is InChI=1S/C20H39N5O/c1-5-17(25-13-9-10-14-25)15-22-19(21-6-2)23-16-20(11-7-8-12-20)18(26)24(3)4/h17H,5-16H2,1-4H3,(H2,21,22,23). The van der Waals surface area contributed by atoms with E-state index in [1.54, 1.807) is 4.90 Å². The minimum atomic E-state index is -0.301. The van der Waals surface area contributed by atoms with Crippen LogP contribution in [0.25, 0.3) is 0 Å². The van der Waals surface area contributed by atoms with Gasteiger partial charge in [-0.25, -0.2) is 0 Å². The molecule has 2 N–H and O–H groups in total. The molecule has 150 valence electrons. The van der Waals surface area contributed by atoms with Crippen LogP contribution >= 0.6 is 0 Å².